The van der Waals surface area contributed by atoms with Crippen LogP contribution in [-0.2, 0) is 16.1 Å². The van der Waals surface area contributed by atoms with Gasteiger partial charge in [-0.3, -0.25) is 9.69 Å². The Morgan fingerprint density at radius 2 is 1.86 bits per heavy atom. The Kier molecular flexibility index (Phi) is 10.9. The highest BCUT2D eigenvalue weighted by Crippen LogP contribution is 2.14. The number of nitrogens with zero attached hydrogens (tertiary/aromatic N) is 2. The second kappa shape index (κ2) is 12.3. The van der Waals surface area contributed by atoms with E-state index in [4.69, 9.17) is 4.74 Å². The van der Waals surface area contributed by atoms with Crippen molar-refractivity contribution in [2.45, 2.75) is 58.7 Å². The lowest BCUT2D eigenvalue weighted by molar-refractivity contribution is -0.152. The molecule has 0 atom stereocenters. The summed E-state index contributed by atoms with van der Waals surface area (Å²) in [5, 5.41) is 6.61. The van der Waals surface area contributed by atoms with Gasteiger partial charge in [-0.05, 0) is 58.2 Å². The van der Waals surface area contributed by atoms with Crippen LogP contribution in [0.4, 0.5) is 4.39 Å². The Morgan fingerprint density at radius 3 is 2.41 bits per heavy atom. The Bertz CT molecular complexity index is 654. The maximum absolute atomic E-state index is 13.0. The third-order valence-corrected chi connectivity index (χ3v) is 4.38. The SMILES string of the molecule is CCNC(=NCC(=O)OC(C)(C)C)NC1CCN(Cc2ccc(F)cc2)CC1.I. The van der Waals surface area contributed by atoms with Gasteiger partial charge in [-0.1, -0.05) is 12.1 Å². The average Bonchev–Trinajstić information content (AvgIpc) is 2.62. The third kappa shape index (κ3) is 10.3. The topological polar surface area (TPSA) is 66.0 Å². The lowest BCUT2D eigenvalue weighted by Crippen LogP contribution is -2.48. The number of nitrogens with one attached hydrogen (secondary N) is 2. The summed E-state index contributed by atoms with van der Waals surface area (Å²) in [6, 6.07) is 7.00. The summed E-state index contributed by atoms with van der Waals surface area (Å²) in [4.78, 5) is 18.6. The van der Waals surface area contributed by atoms with Crippen molar-refractivity contribution in [3.8, 4) is 0 Å². The second-order valence-electron chi connectivity index (χ2n) is 8.10. The normalized spacial score (nSPS) is 16.1. The van der Waals surface area contributed by atoms with Gasteiger partial charge in [0.1, 0.15) is 18.0 Å². The Balaban J connectivity index is 0.00000420. The molecule has 0 aliphatic carbocycles. The standard InChI is InChI=1S/C21H33FN4O2.HI/c1-5-23-20(24-14-19(27)28-21(2,3)4)25-18-10-12-26(13-11-18)15-16-6-8-17(22)9-7-16;/h6-9,18H,5,10-15H2,1-4H3,(H2,23,24,25);1H. The van der Waals surface area contributed by atoms with Gasteiger partial charge in [0, 0.05) is 32.2 Å². The molecule has 1 aliphatic heterocycles. The molecule has 29 heavy (non-hydrogen) atoms. The zero-order chi connectivity index (χ0) is 20.6. The number of carbonyl (C=O) groups excluding carboxylic acids is 1. The number of ether oxygens (including phenoxy) is 1. The van der Waals surface area contributed by atoms with E-state index in [0.717, 1.165) is 44.6 Å². The molecule has 2 rings (SSSR count). The van der Waals surface area contributed by atoms with Gasteiger partial charge in [-0.2, -0.15) is 0 Å². The van der Waals surface area contributed by atoms with Crippen LogP contribution < -0.4 is 10.6 Å². The number of piperidine rings is 1. The molecule has 6 nitrogen and oxygen atoms in total. The maximum Gasteiger partial charge on any atom is 0.328 e. The van der Waals surface area contributed by atoms with Crippen molar-refractivity contribution in [1.29, 1.82) is 0 Å². The quantitative estimate of drug-likeness (QED) is 0.261. The molecule has 0 aromatic heterocycles. The highest BCUT2D eigenvalue weighted by atomic mass is 127. The molecule has 2 N–H and O–H groups in total. The minimum atomic E-state index is -0.504. The summed E-state index contributed by atoms with van der Waals surface area (Å²) in [6.45, 7) is 11.0. The number of rotatable bonds is 6. The average molecular weight is 520 g/mol. The molecule has 0 unspecified atom stereocenters. The van der Waals surface area contributed by atoms with Gasteiger partial charge in [0.15, 0.2) is 5.96 Å². The first-order chi connectivity index (χ1) is 13.2. The molecule has 8 heteroatoms. The van der Waals surface area contributed by atoms with Crippen LogP contribution >= 0.6 is 24.0 Å². The van der Waals surface area contributed by atoms with Gasteiger partial charge in [0.2, 0.25) is 0 Å². The molecule has 0 amide bonds. The van der Waals surface area contributed by atoms with Crippen LogP contribution in [0, 0.1) is 5.82 Å². The van der Waals surface area contributed by atoms with Gasteiger partial charge in [-0.25, -0.2) is 9.38 Å². The minimum Gasteiger partial charge on any atom is -0.459 e. The van der Waals surface area contributed by atoms with Crippen LogP contribution in [0.15, 0.2) is 29.3 Å². The second-order valence-corrected chi connectivity index (χ2v) is 8.10. The smallest absolute Gasteiger partial charge is 0.328 e. The van der Waals surface area contributed by atoms with Crippen molar-refractivity contribution in [2.24, 2.45) is 4.99 Å². The first-order valence-electron chi connectivity index (χ1n) is 9.98. The summed E-state index contributed by atoms with van der Waals surface area (Å²) >= 11 is 0. The molecule has 1 saturated heterocycles. The van der Waals surface area contributed by atoms with Gasteiger partial charge in [-0.15, -0.1) is 24.0 Å². The fourth-order valence-electron chi connectivity index (χ4n) is 3.11. The molecule has 0 radical (unpaired) electrons. The fraction of sp³-hybridized carbons (Fsp3) is 0.619. The number of hydrogen-bond donors (Lipinski definition) is 2. The number of hydrogen-bond acceptors (Lipinski definition) is 4. The molecule has 0 bridgehead atoms. The minimum absolute atomic E-state index is 0. The van der Waals surface area contributed by atoms with E-state index in [9.17, 15) is 9.18 Å². The summed E-state index contributed by atoms with van der Waals surface area (Å²) in [5.74, 6) is 0.109. The summed E-state index contributed by atoms with van der Waals surface area (Å²) < 4.78 is 18.3. The number of aliphatic imine (C=N–C) groups is 1. The van der Waals surface area contributed by atoms with Crippen molar-refractivity contribution in [3.05, 3.63) is 35.6 Å². The molecule has 1 aliphatic rings. The number of benzene rings is 1. The zero-order valence-corrected chi connectivity index (χ0v) is 20.2. The van der Waals surface area contributed by atoms with Crippen molar-refractivity contribution >= 4 is 35.9 Å². The van der Waals surface area contributed by atoms with Crippen molar-refractivity contribution in [1.82, 2.24) is 15.5 Å². The summed E-state index contributed by atoms with van der Waals surface area (Å²) in [7, 11) is 0. The van der Waals surface area contributed by atoms with Crippen LogP contribution in [0.3, 0.4) is 0 Å². The van der Waals surface area contributed by atoms with Crippen molar-refractivity contribution in [3.63, 3.8) is 0 Å². The van der Waals surface area contributed by atoms with Crippen molar-refractivity contribution < 1.29 is 13.9 Å². The molecular weight excluding hydrogens is 486 g/mol. The maximum atomic E-state index is 13.0. The van der Waals surface area contributed by atoms with E-state index in [1.807, 2.05) is 39.8 Å². The summed E-state index contributed by atoms with van der Waals surface area (Å²) in [6.07, 6.45) is 1.97. The van der Waals surface area contributed by atoms with Crippen LogP contribution in [0.5, 0.6) is 0 Å². The highest BCUT2D eigenvalue weighted by Gasteiger charge is 2.21. The first kappa shape index (κ1) is 25.6. The predicted molar refractivity (Wildman–Crippen MR) is 125 cm³/mol. The highest BCUT2D eigenvalue weighted by molar-refractivity contribution is 14.0. The number of carbonyl (C=O) groups is 1. The molecule has 164 valence electrons. The van der Waals surface area contributed by atoms with Crippen LogP contribution in [0.1, 0.15) is 46.1 Å². The molecule has 1 aromatic rings. The first-order valence-corrected chi connectivity index (χ1v) is 9.98. The van der Waals surface area contributed by atoms with E-state index >= 15 is 0 Å². The molecular formula is C21H34FIN4O2. The van der Waals surface area contributed by atoms with E-state index in [1.165, 1.54) is 12.1 Å². The molecule has 0 spiro atoms. The van der Waals surface area contributed by atoms with Crippen LogP contribution in [0.25, 0.3) is 0 Å². The summed E-state index contributed by atoms with van der Waals surface area (Å²) in [5.41, 5.74) is 0.621. The molecule has 0 saturated carbocycles. The molecule has 1 fully saturated rings. The lowest BCUT2D eigenvalue weighted by atomic mass is 10.0. The van der Waals surface area contributed by atoms with E-state index < -0.39 is 5.60 Å². The van der Waals surface area contributed by atoms with Crippen molar-refractivity contribution in [2.75, 3.05) is 26.2 Å². The predicted octanol–water partition coefficient (Wildman–Crippen LogP) is 3.30. The lowest BCUT2D eigenvalue weighted by Gasteiger charge is -2.33. The monoisotopic (exact) mass is 520 g/mol. The largest absolute Gasteiger partial charge is 0.459 e. The number of esters is 1. The van der Waals surface area contributed by atoms with Gasteiger partial charge in [0.05, 0.1) is 0 Å². The Hall–Kier alpha value is -1.42. The van der Waals surface area contributed by atoms with Gasteiger partial charge in [0.25, 0.3) is 0 Å². The fourth-order valence-corrected chi connectivity index (χ4v) is 3.11. The van der Waals surface area contributed by atoms with E-state index in [-0.39, 0.29) is 42.3 Å². The van der Waals surface area contributed by atoms with Gasteiger partial charge < -0.3 is 15.4 Å². The zero-order valence-electron chi connectivity index (χ0n) is 17.8. The van der Waals surface area contributed by atoms with Gasteiger partial charge >= 0.3 is 5.97 Å². The number of likely N-dealkylation sites (tertiary alicyclic amines) is 1. The van der Waals surface area contributed by atoms with E-state index in [1.54, 1.807) is 0 Å². The van der Waals surface area contributed by atoms with Crippen LogP contribution in [-0.4, -0.2) is 54.7 Å². The Labute approximate surface area is 190 Å². The number of halogens is 2. The third-order valence-electron chi connectivity index (χ3n) is 4.38. The van der Waals surface area contributed by atoms with E-state index in [0.29, 0.717) is 12.0 Å². The molecule has 1 heterocycles. The number of guanidine groups is 1. The van der Waals surface area contributed by atoms with Crippen LogP contribution in [0.2, 0.25) is 0 Å². The molecule has 1 aromatic carbocycles. The Morgan fingerprint density at radius 1 is 1.24 bits per heavy atom. The van der Waals surface area contributed by atoms with E-state index in [2.05, 4.69) is 20.5 Å².